The highest BCUT2D eigenvalue weighted by Crippen LogP contribution is 2.22. The van der Waals surface area contributed by atoms with Crippen molar-refractivity contribution in [3.63, 3.8) is 0 Å². The van der Waals surface area contributed by atoms with Crippen molar-refractivity contribution < 1.29 is 13.3 Å². The topological polar surface area (TPSA) is 59.6 Å². The van der Waals surface area contributed by atoms with Gasteiger partial charge in [0.05, 0.1) is 24.5 Å². The Morgan fingerprint density at radius 1 is 1.19 bits per heavy atom. The first kappa shape index (κ1) is 18.8. The normalized spacial score (nSPS) is 18.2. The number of nitrogens with zero attached hydrogens (tertiary/aromatic N) is 3. The highest BCUT2D eigenvalue weighted by molar-refractivity contribution is 7.89. The predicted molar refractivity (Wildman–Crippen MR) is 102 cm³/mol. The first-order valence-electron chi connectivity index (χ1n) is 8.85. The average Bonchev–Trinajstić information content (AvgIpc) is 2.90. The molecule has 140 valence electrons. The summed E-state index contributed by atoms with van der Waals surface area (Å²) in [6.07, 6.45) is 3.30. The number of aryl methyl sites for hydroxylation is 1. The van der Waals surface area contributed by atoms with Crippen LogP contribution in [0.25, 0.3) is 5.57 Å². The Kier molecular flexibility index (Phi) is 5.32. The van der Waals surface area contributed by atoms with Gasteiger partial charge in [-0.3, -0.25) is 0 Å². The Labute approximate surface area is 155 Å². The summed E-state index contributed by atoms with van der Waals surface area (Å²) >= 11 is 0. The molecule has 1 aliphatic rings. The van der Waals surface area contributed by atoms with E-state index in [-0.39, 0.29) is 0 Å². The summed E-state index contributed by atoms with van der Waals surface area (Å²) in [5.74, 6) is 0. The molecule has 0 saturated heterocycles. The van der Waals surface area contributed by atoms with Crippen LogP contribution in [0.4, 0.5) is 0 Å². The van der Waals surface area contributed by atoms with Crippen LogP contribution in [0.5, 0.6) is 0 Å². The Morgan fingerprint density at radius 2 is 1.88 bits per heavy atom. The molecule has 1 aliphatic heterocycles. The summed E-state index contributed by atoms with van der Waals surface area (Å²) in [5, 5.41) is 4.50. The van der Waals surface area contributed by atoms with Gasteiger partial charge < -0.3 is 4.90 Å². The second kappa shape index (κ2) is 7.34. The summed E-state index contributed by atoms with van der Waals surface area (Å²) in [4.78, 5) is 1.71. The Balaban J connectivity index is 1.76. The minimum Gasteiger partial charge on any atom is -0.313 e. The molecule has 2 heterocycles. The van der Waals surface area contributed by atoms with Gasteiger partial charge >= 0.3 is 0 Å². The van der Waals surface area contributed by atoms with E-state index in [4.69, 9.17) is 0 Å². The highest BCUT2D eigenvalue weighted by Gasteiger charge is 2.28. The standard InChI is InChI=1S/C19H26N4O2S/c1-15-19(26(24,25)21(3)4)16(2)23(20-15)14-22-12-10-18(11-13-22)17-8-6-5-7-9-17/h5-10H,11-14H2,1-4H3/p+1. The molecule has 0 saturated carbocycles. The number of benzene rings is 1. The molecular formula is C19H27N4O2S+. The van der Waals surface area contributed by atoms with Crippen LogP contribution in [0.3, 0.4) is 0 Å². The molecule has 3 rings (SSSR count). The van der Waals surface area contributed by atoms with E-state index >= 15 is 0 Å². The lowest BCUT2D eigenvalue weighted by atomic mass is 10.00. The maximum atomic E-state index is 12.5. The van der Waals surface area contributed by atoms with E-state index in [9.17, 15) is 8.42 Å². The lowest BCUT2D eigenvalue weighted by molar-refractivity contribution is -0.918. The molecule has 26 heavy (non-hydrogen) atoms. The van der Waals surface area contributed by atoms with Gasteiger partial charge in [-0.15, -0.1) is 0 Å². The van der Waals surface area contributed by atoms with E-state index in [0.717, 1.165) is 19.5 Å². The third-order valence-corrected chi connectivity index (χ3v) is 7.02. The molecule has 0 fully saturated rings. The molecule has 1 unspecified atom stereocenters. The van der Waals surface area contributed by atoms with E-state index in [1.54, 1.807) is 21.0 Å². The van der Waals surface area contributed by atoms with E-state index in [2.05, 4.69) is 35.4 Å². The van der Waals surface area contributed by atoms with Crippen LogP contribution < -0.4 is 4.90 Å². The van der Waals surface area contributed by atoms with E-state index < -0.39 is 10.0 Å². The molecule has 7 heteroatoms. The SMILES string of the molecule is Cc1nn(C[NH+]2CC=C(c3ccccc3)CC2)c(C)c1S(=O)(=O)N(C)C. The maximum absolute atomic E-state index is 12.5. The monoisotopic (exact) mass is 375 g/mol. The number of hydrogen-bond donors (Lipinski definition) is 1. The van der Waals surface area contributed by atoms with Gasteiger partial charge in [0.25, 0.3) is 0 Å². The average molecular weight is 376 g/mol. The van der Waals surface area contributed by atoms with Crippen molar-refractivity contribution in [3.05, 3.63) is 53.4 Å². The van der Waals surface area contributed by atoms with Crippen molar-refractivity contribution in [2.24, 2.45) is 0 Å². The van der Waals surface area contributed by atoms with Gasteiger partial charge in [0.2, 0.25) is 10.0 Å². The first-order valence-corrected chi connectivity index (χ1v) is 10.3. The molecule has 0 spiro atoms. The number of quaternary nitrogens is 1. The molecule has 1 aromatic heterocycles. The molecule has 1 atom stereocenters. The number of sulfonamides is 1. The molecule has 0 amide bonds. The van der Waals surface area contributed by atoms with Gasteiger partial charge in [-0.1, -0.05) is 30.3 Å². The molecule has 2 aromatic rings. The number of nitrogens with one attached hydrogen (secondary N) is 1. The van der Waals surface area contributed by atoms with Gasteiger partial charge in [-0.2, -0.15) is 5.10 Å². The second-order valence-electron chi connectivity index (χ2n) is 6.99. The fraction of sp³-hybridized carbons (Fsp3) is 0.421. The van der Waals surface area contributed by atoms with Crippen LogP contribution in [0.1, 0.15) is 23.4 Å². The minimum atomic E-state index is -3.47. The van der Waals surface area contributed by atoms with Crippen molar-refractivity contribution in [1.82, 2.24) is 14.1 Å². The summed E-state index contributed by atoms with van der Waals surface area (Å²) in [6.45, 7) is 6.20. The van der Waals surface area contributed by atoms with Crippen LogP contribution in [0.15, 0.2) is 41.3 Å². The quantitative estimate of drug-likeness (QED) is 0.851. The third-order valence-electron chi connectivity index (χ3n) is 4.96. The van der Waals surface area contributed by atoms with Crippen LogP contribution in [0.2, 0.25) is 0 Å². The van der Waals surface area contributed by atoms with Crippen LogP contribution >= 0.6 is 0 Å². The lowest BCUT2D eigenvalue weighted by Gasteiger charge is -2.24. The third kappa shape index (κ3) is 3.60. The van der Waals surface area contributed by atoms with Crippen molar-refractivity contribution in [3.8, 4) is 0 Å². The fourth-order valence-corrected chi connectivity index (χ4v) is 4.70. The second-order valence-corrected chi connectivity index (χ2v) is 9.08. The first-order chi connectivity index (χ1) is 12.3. The minimum absolute atomic E-state index is 0.333. The Morgan fingerprint density at radius 3 is 2.46 bits per heavy atom. The molecule has 6 nitrogen and oxygen atoms in total. The van der Waals surface area contributed by atoms with Gasteiger partial charge in [0.15, 0.2) is 6.67 Å². The van der Waals surface area contributed by atoms with Crippen LogP contribution in [0, 0.1) is 13.8 Å². The fourth-order valence-electron chi connectivity index (χ4n) is 3.44. The molecule has 0 radical (unpaired) electrons. The summed E-state index contributed by atoms with van der Waals surface area (Å²) < 4.78 is 28.2. The molecule has 0 bridgehead atoms. The van der Waals surface area contributed by atoms with Crippen molar-refractivity contribution in [2.75, 3.05) is 27.2 Å². The van der Waals surface area contributed by atoms with Crippen molar-refractivity contribution >= 4 is 15.6 Å². The molecule has 1 N–H and O–H groups in total. The van der Waals surface area contributed by atoms with Crippen LogP contribution in [-0.4, -0.2) is 49.7 Å². The smallest absolute Gasteiger partial charge is 0.246 e. The largest absolute Gasteiger partial charge is 0.313 e. The molecule has 0 aliphatic carbocycles. The van der Waals surface area contributed by atoms with Gasteiger partial charge in [0, 0.05) is 20.5 Å². The number of hydrogen-bond acceptors (Lipinski definition) is 3. The van der Waals surface area contributed by atoms with Crippen molar-refractivity contribution in [2.45, 2.75) is 31.8 Å². The Hall–Kier alpha value is -1.96. The summed E-state index contributed by atoms with van der Waals surface area (Å²) in [6, 6.07) is 10.5. The van der Waals surface area contributed by atoms with Crippen LogP contribution in [-0.2, 0) is 16.7 Å². The van der Waals surface area contributed by atoms with E-state index in [1.165, 1.54) is 20.3 Å². The zero-order valence-electron chi connectivity index (χ0n) is 15.9. The highest BCUT2D eigenvalue weighted by atomic mass is 32.2. The lowest BCUT2D eigenvalue weighted by Crippen LogP contribution is -3.11. The van der Waals surface area contributed by atoms with E-state index in [0.29, 0.717) is 23.0 Å². The zero-order valence-corrected chi connectivity index (χ0v) is 16.7. The number of rotatable bonds is 5. The van der Waals surface area contributed by atoms with Gasteiger partial charge in [-0.05, 0) is 31.1 Å². The van der Waals surface area contributed by atoms with Crippen molar-refractivity contribution in [1.29, 1.82) is 0 Å². The zero-order chi connectivity index (χ0) is 18.9. The Bertz CT molecular complexity index is 915. The summed E-state index contributed by atoms with van der Waals surface area (Å²) in [7, 11) is -0.368. The molecular weight excluding hydrogens is 348 g/mol. The predicted octanol–water partition coefficient (Wildman–Crippen LogP) is 1.08. The number of aromatic nitrogens is 2. The van der Waals surface area contributed by atoms with E-state index in [1.807, 2.05) is 17.7 Å². The summed E-state index contributed by atoms with van der Waals surface area (Å²) in [5.41, 5.74) is 3.95. The molecule has 1 aromatic carbocycles. The van der Waals surface area contributed by atoms with Gasteiger partial charge in [-0.25, -0.2) is 17.4 Å². The maximum Gasteiger partial charge on any atom is 0.246 e. The van der Waals surface area contributed by atoms with Gasteiger partial charge in [0.1, 0.15) is 4.90 Å².